The largest absolute Gasteiger partial charge is 0.237 e. The van der Waals surface area contributed by atoms with Gasteiger partial charge in [-0.1, -0.05) is 36.8 Å². The lowest BCUT2D eigenvalue weighted by Gasteiger charge is -2.24. The second kappa shape index (κ2) is 4.05. The van der Waals surface area contributed by atoms with Crippen molar-refractivity contribution in [2.75, 3.05) is 0 Å². The molecule has 1 aliphatic rings. The molecule has 2 nitrogen and oxygen atoms in total. The molecule has 0 atom stereocenters. The van der Waals surface area contributed by atoms with Gasteiger partial charge in [-0.2, -0.15) is 0 Å². The molecule has 1 fully saturated rings. The molecule has 80 valence electrons. The van der Waals surface area contributed by atoms with Gasteiger partial charge in [0.1, 0.15) is 0 Å². The van der Waals surface area contributed by atoms with Crippen LogP contribution in [0.4, 0.5) is 0 Å². The summed E-state index contributed by atoms with van der Waals surface area (Å²) in [6.07, 6.45) is 5.79. The van der Waals surface area contributed by atoms with Crippen molar-refractivity contribution in [2.45, 2.75) is 25.2 Å². The summed E-state index contributed by atoms with van der Waals surface area (Å²) in [6, 6.07) is 12.2. The molecule has 2 heteroatoms. The molecule has 0 saturated heterocycles. The summed E-state index contributed by atoms with van der Waals surface area (Å²) >= 11 is 0. The van der Waals surface area contributed by atoms with E-state index in [0.717, 1.165) is 11.4 Å². The van der Waals surface area contributed by atoms with E-state index in [1.807, 2.05) is 24.4 Å². The van der Waals surface area contributed by atoms with Gasteiger partial charge in [0, 0.05) is 23.4 Å². The summed E-state index contributed by atoms with van der Waals surface area (Å²) in [6.45, 7) is 0. The topological polar surface area (TPSA) is 25.8 Å². The first-order valence-corrected chi connectivity index (χ1v) is 5.82. The Bertz CT molecular complexity index is 475. The van der Waals surface area contributed by atoms with E-state index in [1.54, 1.807) is 0 Å². The average Bonchev–Trinajstić information content (AvgIpc) is 2.28. The van der Waals surface area contributed by atoms with Crippen LogP contribution in [0.25, 0.3) is 11.4 Å². The van der Waals surface area contributed by atoms with Gasteiger partial charge in [0.25, 0.3) is 0 Å². The van der Waals surface area contributed by atoms with Gasteiger partial charge >= 0.3 is 0 Å². The highest BCUT2D eigenvalue weighted by molar-refractivity contribution is 5.54. The highest BCUT2D eigenvalue weighted by atomic mass is 14.9. The summed E-state index contributed by atoms with van der Waals surface area (Å²) in [5.41, 5.74) is 2.31. The van der Waals surface area contributed by atoms with Gasteiger partial charge in [-0.15, -0.1) is 0 Å². The van der Waals surface area contributed by atoms with Crippen molar-refractivity contribution >= 4 is 0 Å². The number of hydrogen-bond acceptors (Lipinski definition) is 2. The third-order valence-corrected chi connectivity index (χ3v) is 3.23. The summed E-state index contributed by atoms with van der Waals surface area (Å²) < 4.78 is 0. The van der Waals surface area contributed by atoms with Crippen molar-refractivity contribution in [1.29, 1.82) is 0 Å². The smallest absolute Gasteiger partial charge is 0.159 e. The van der Waals surface area contributed by atoms with E-state index in [9.17, 15) is 0 Å². The van der Waals surface area contributed by atoms with Gasteiger partial charge in [0.2, 0.25) is 0 Å². The lowest BCUT2D eigenvalue weighted by Crippen LogP contribution is -2.11. The summed E-state index contributed by atoms with van der Waals surface area (Å²) in [5, 5.41) is 0. The maximum Gasteiger partial charge on any atom is 0.159 e. The first kappa shape index (κ1) is 9.52. The Balaban J connectivity index is 1.96. The molecular formula is C14H14N2. The number of hydrogen-bond donors (Lipinski definition) is 0. The van der Waals surface area contributed by atoms with E-state index in [1.165, 1.54) is 25.0 Å². The first-order valence-electron chi connectivity index (χ1n) is 5.82. The van der Waals surface area contributed by atoms with Crippen LogP contribution in [0.2, 0.25) is 0 Å². The Kier molecular flexibility index (Phi) is 2.41. The normalized spacial score (nSPS) is 15.8. The molecule has 2 aromatic rings. The van der Waals surface area contributed by atoms with E-state index in [4.69, 9.17) is 0 Å². The predicted molar refractivity (Wildman–Crippen MR) is 64.1 cm³/mol. The van der Waals surface area contributed by atoms with Gasteiger partial charge in [-0.3, -0.25) is 0 Å². The monoisotopic (exact) mass is 210 g/mol. The Morgan fingerprint density at radius 3 is 2.50 bits per heavy atom. The molecule has 0 bridgehead atoms. The van der Waals surface area contributed by atoms with Gasteiger partial charge < -0.3 is 0 Å². The predicted octanol–water partition coefficient (Wildman–Crippen LogP) is 3.41. The third kappa shape index (κ3) is 1.71. The summed E-state index contributed by atoms with van der Waals surface area (Å²) in [5.74, 6) is 1.52. The van der Waals surface area contributed by atoms with Gasteiger partial charge in [-0.05, 0) is 18.9 Å². The van der Waals surface area contributed by atoms with Crippen LogP contribution in [-0.4, -0.2) is 9.97 Å². The van der Waals surface area contributed by atoms with Crippen LogP contribution in [0.1, 0.15) is 30.9 Å². The average molecular weight is 210 g/mol. The lowest BCUT2D eigenvalue weighted by molar-refractivity contribution is 0.411. The van der Waals surface area contributed by atoms with E-state index < -0.39 is 0 Å². The fourth-order valence-electron chi connectivity index (χ4n) is 2.03. The van der Waals surface area contributed by atoms with Crippen LogP contribution in [0.5, 0.6) is 0 Å². The van der Waals surface area contributed by atoms with E-state index in [0.29, 0.717) is 5.92 Å². The second-order valence-corrected chi connectivity index (χ2v) is 4.30. The Labute approximate surface area is 95.4 Å². The highest BCUT2D eigenvalue weighted by Gasteiger charge is 2.21. The zero-order chi connectivity index (χ0) is 10.8. The fourth-order valence-corrected chi connectivity index (χ4v) is 2.03. The molecule has 0 radical (unpaired) electrons. The number of benzene rings is 1. The fraction of sp³-hybridized carbons (Fsp3) is 0.286. The molecule has 16 heavy (non-hydrogen) atoms. The zero-order valence-electron chi connectivity index (χ0n) is 9.13. The molecule has 0 aliphatic heterocycles. The molecule has 1 heterocycles. The summed E-state index contributed by atoms with van der Waals surface area (Å²) in [4.78, 5) is 8.99. The molecule has 0 N–H and O–H groups in total. The van der Waals surface area contributed by atoms with Crippen molar-refractivity contribution < 1.29 is 0 Å². The minimum absolute atomic E-state index is 0.672. The first-order chi connectivity index (χ1) is 7.93. The van der Waals surface area contributed by atoms with Crippen LogP contribution in [0, 0.1) is 0 Å². The standard InChI is InChI=1S/C14H14N2/c1-2-5-12(6-3-1)14-15-10-9-13(16-14)11-7-4-8-11/h1-3,5-6,9-11H,4,7-8H2. The zero-order valence-corrected chi connectivity index (χ0v) is 9.13. The quantitative estimate of drug-likeness (QED) is 0.759. The van der Waals surface area contributed by atoms with Gasteiger partial charge in [-0.25, -0.2) is 9.97 Å². The molecule has 0 unspecified atom stereocenters. The Morgan fingerprint density at radius 2 is 1.81 bits per heavy atom. The van der Waals surface area contributed by atoms with E-state index in [2.05, 4.69) is 28.2 Å². The molecule has 1 aliphatic carbocycles. The van der Waals surface area contributed by atoms with E-state index in [-0.39, 0.29) is 0 Å². The van der Waals surface area contributed by atoms with Crippen molar-refractivity contribution in [2.24, 2.45) is 0 Å². The van der Waals surface area contributed by atoms with Crippen molar-refractivity contribution in [3.63, 3.8) is 0 Å². The number of nitrogens with zero attached hydrogens (tertiary/aromatic N) is 2. The summed E-state index contributed by atoms with van der Waals surface area (Å²) in [7, 11) is 0. The van der Waals surface area contributed by atoms with Crippen molar-refractivity contribution in [3.8, 4) is 11.4 Å². The third-order valence-electron chi connectivity index (χ3n) is 3.23. The molecule has 1 saturated carbocycles. The maximum absolute atomic E-state index is 4.65. The number of aromatic nitrogens is 2. The molecule has 3 rings (SSSR count). The van der Waals surface area contributed by atoms with Crippen molar-refractivity contribution in [3.05, 3.63) is 48.3 Å². The van der Waals surface area contributed by atoms with Crippen LogP contribution in [-0.2, 0) is 0 Å². The SMILES string of the molecule is c1ccc(-c2nccc(C3CCC3)n2)cc1. The minimum Gasteiger partial charge on any atom is -0.237 e. The van der Waals surface area contributed by atoms with Gasteiger partial charge in [0.15, 0.2) is 5.82 Å². The number of rotatable bonds is 2. The van der Waals surface area contributed by atoms with Gasteiger partial charge in [0.05, 0.1) is 0 Å². The minimum atomic E-state index is 0.672. The highest BCUT2D eigenvalue weighted by Crippen LogP contribution is 2.35. The maximum atomic E-state index is 4.65. The lowest BCUT2D eigenvalue weighted by atomic mass is 9.83. The molecule has 1 aromatic heterocycles. The Morgan fingerprint density at radius 1 is 1.00 bits per heavy atom. The molecule has 1 aromatic carbocycles. The van der Waals surface area contributed by atoms with Crippen LogP contribution in [0.15, 0.2) is 42.6 Å². The van der Waals surface area contributed by atoms with Crippen LogP contribution < -0.4 is 0 Å². The molecule has 0 amide bonds. The van der Waals surface area contributed by atoms with Crippen LogP contribution >= 0.6 is 0 Å². The second-order valence-electron chi connectivity index (χ2n) is 4.30. The molecular weight excluding hydrogens is 196 g/mol. The molecule has 0 spiro atoms. The van der Waals surface area contributed by atoms with E-state index >= 15 is 0 Å². The van der Waals surface area contributed by atoms with Crippen molar-refractivity contribution in [1.82, 2.24) is 9.97 Å². The van der Waals surface area contributed by atoms with Crippen LogP contribution in [0.3, 0.4) is 0 Å². The Hall–Kier alpha value is -1.70.